The number of benzene rings is 1. The van der Waals surface area contributed by atoms with E-state index in [1.54, 1.807) is 11.3 Å². The fourth-order valence-electron chi connectivity index (χ4n) is 3.71. The molecule has 1 amide bonds. The minimum Gasteiger partial charge on any atom is -0.348 e. The number of piperidine rings is 1. The highest BCUT2D eigenvalue weighted by Crippen LogP contribution is 2.27. The predicted molar refractivity (Wildman–Crippen MR) is 84.7 cm³/mol. The van der Waals surface area contributed by atoms with Gasteiger partial charge in [0, 0.05) is 17.6 Å². The molecule has 4 nitrogen and oxygen atoms in total. The lowest BCUT2D eigenvalue weighted by Crippen LogP contribution is -2.52. The van der Waals surface area contributed by atoms with Crippen molar-refractivity contribution >= 4 is 27.5 Å². The molecule has 0 aliphatic carbocycles. The summed E-state index contributed by atoms with van der Waals surface area (Å²) in [6, 6.07) is 6.63. The zero-order valence-electron chi connectivity index (χ0n) is 11.9. The van der Waals surface area contributed by atoms with E-state index in [1.807, 2.05) is 23.7 Å². The van der Waals surface area contributed by atoms with Gasteiger partial charge >= 0.3 is 0 Å². The van der Waals surface area contributed by atoms with Crippen LogP contribution in [0.4, 0.5) is 0 Å². The van der Waals surface area contributed by atoms with Crippen molar-refractivity contribution in [2.24, 2.45) is 0 Å². The van der Waals surface area contributed by atoms with Crippen LogP contribution >= 0.6 is 11.3 Å². The van der Waals surface area contributed by atoms with Crippen molar-refractivity contribution < 1.29 is 4.79 Å². The highest BCUT2D eigenvalue weighted by Gasteiger charge is 2.35. The molecule has 110 valence electrons. The third-order valence-corrected chi connectivity index (χ3v) is 5.54. The van der Waals surface area contributed by atoms with Gasteiger partial charge in [0.2, 0.25) is 0 Å². The average Bonchev–Trinajstić information content (AvgIpc) is 3.15. The Labute approximate surface area is 128 Å². The molecule has 1 N–H and O–H groups in total. The summed E-state index contributed by atoms with van der Waals surface area (Å²) >= 11 is 1.58. The lowest BCUT2D eigenvalue weighted by Gasteiger charge is -2.37. The zero-order chi connectivity index (χ0) is 14.2. The van der Waals surface area contributed by atoms with Crippen LogP contribution in [0.1, 0.15) is 36.0 Å². The van der Waals surface area contributed by atoms with Gasteiger partial charge in [-0.2, -0.15) is 0 Å². The summed E-state index contributed by atoms with van der Waals surface area (Å²) in [6.07, 6.45) is 4.79. The van der Waals surface area contributed by atoms with Gasteiger partial charge in [0.05, 0.1) is 15.7 Å². The van der Waals surface area contributed by atoms with Crippen LogP contribution in [-0.4, -0.2) is 41.0 Å². The fraction of sp³-hybridized carbons (Fsp3) is 0.500. The number of thiazole rings is 1. The zero-order valence-corrected chi connectivity index (χ0v) is 12.7. The van der Waals surface area contributed by atoms with Crippen molar-refractivity contribution in [3.05, 3.63) is 29.3 Å². The van der Waals surface area contributed by atoms with Gasteiger partial charge in [-0.3, -0.25) is 9.69 Å². The second-order valence-electron chi connectivity index (χ2n) is 6.00. The van der Waals surface area contributed by atoms with E-state index in [1.165, 1.54) is 32.4 Å². The van der Waals surface area contributed by atoms with E-state index >= 15 is 0 Å². The summed E-state index contributed by atoms with van der Waals surface area (Å²) in [4.78, 5) is 19.3. The fourth-order valence-corrected chi connectivity index (χ4v) is 4.42. The molecule has 4 rings (SSSR count). The number of hydrogen-bond donors (Lipinski definition) is 1. The monoisotopic (exact) mass is 301 g/mol. The van der Waals surface area contributed by atoms with Crippen molar-refractivity contribution in [2.75, 3.05) is 13.1 Å². The average molecular weight is 301 g/mol. The smallest absolute Gasteiger partial charge is 0.251 e. The first-order valence-electron chi connectivity index (χ1n) is 7.69. The number of amides is 1. The second kappa shape index (κ2) is 5.39. The van der Waals surface area contributed by atoms with Crippen LogP contribution in [0.2, 0.25) is 0 Å². The van der Waals surface area contributed by atoms with Crippen LogP contribution in [0.5, 0.6) is 0 Å². The van der Waals surface area contributed by atoms with Gasteiger partial charge in [-0.15, -0.1) is 11.3 Å². The number of hydrogen-bond acceptors (Lipinski definition) is 4. The summed E-state index contributed by atoms with van der Waals surface area (Å²) in [5.74, 6) is 0.0593. The molecule has 1 aromatic carbocycles. The number of carbonyl (C=O) groups excluding carboxylic acids is 1. The first-order valence-corrected chi connectivity index (χ1v) is 8.57. The Morgan fingerprint density at radius 3 is 3.05 bits per heavy atom. The predicted octanol–water partition coefficient (Wildman–Crippen LogP) is 2.65. The molecule has 2 atom stereocenters. The number of aromatic nitrogens is 1. The van der Waals surface area contributed by atoms with E-state index in [2.05, 4.69) is 15.2 Å². The summed E-state index contributed by atoms with van der Waals surface area (Å²) in [7, 11) is 0. The molecule has 1 aromatic heterocycles. The number of carbonyl (C=O) groups is 1. The molecule has 2 aliphatic heterocycles. The molecule has 2 aromatic rings. The van der Waals surface area contributed by atoms with E-state index < -0.39 is 0 Å². The summed E-state index contributed by atoms with van der Waals surface area (Å²) < 4.78 is 1.08. The maximum atomic E-state index is 12.5. The van der Waals surface area contributed by atoms with Gasteiger partial charge < -0.3 is 5.32 Å². The molecule has 0 spiro atoms. The summed E-state index contributed by atoms with van der Waals surface area (Å²) in [5, 5.41) is 3.27. The Kier molecular flexibility index (Phi) is 3.39. The first kappa shape index (κ1) is 13.2. The number of rotatable bonds is 2. The Bertz CT molecular complexity index is 668. The second-order valence-corrected chi connectivity index (χ2v) is 6.89. The van der Waals surface area contributed by atoms with Gasteiger partial charge in [-0.25, -0.2) is 4.98 Å². The Morgan fingerprint density at radius 2 is 2.14 bits per heavy atom. The maximum Gasteiger partial charge on any atom is 0.251 e. The van der Waals surface area contributed by atoms with E-state index in [0.717, 1.165) is 22.2 Å². The van der Waals surface area contributed by atoms with Crippen molar-refractivity contribution in [2.45, 2.75) is 37.8 Å². The summed E-state index contributed by atoms with van der Waals surface area (Å²) in [5.41, 5.74) is 3.54. The Hall–Kier alpha value is -1.46. The van der Waals surface area contributed by atoms with Crippen molar-refractivity contribution in [3.63, 3.8) is 0 Å². The van der Waals surface area contributed by atoms with Crippen LogP contribution < -0.4 is 5.32 Å². The minimum absolute atomic E-state index is 0.0593. The van der Waals surface area contributed by atoms with E-state index in [9.17, 15) is 4.79 Å². The molecule has 0 unspecified atom stereocenters. The maximum absolute atomic E-state index is 12.5. The molecule has 2 aliphatic rings. The molecule has 0 radical (unpaired) electrons. The van der Waals surface area contributed by atoms with Gasteiger partial charge in [0.15, 0.2) is 0 Å². The first-order chi connectivity index (χ1) is 10.3. The molecule has 3 heterocycles. The van der Waals surface area contributed by atoms with Gasteiger partial charge in [-0.05, 0) is 57.0 Å². The third kappa shape index (κ3) is 2.45. The minimum atomic E-state index is 0.0593. The molecule has 0 saturated carbocycles. The van der Waals surface area contributed by atoms with Crippen LogP contribution in [0.15, 0.2) is 23.7 Å². The number of fused-ring (bicyclic) bond motifs is 2. The van der Waals surface area contributed by atoms with Gasteiger partial charge in [0.1, 0.15) is 0 Å². The lowest BCUT2D eigenvalue weighted by molar-refractivity contribution is 0.0868. The van der Waals surface area contributed by atoms with E-state index in [4.69, 9.17) is 0 Å². The molecule has 5 heteroatoms. The standard InChI is InChI=1S/C16H19N3OS/c20-16(11-5-6-13-15(9-11)21-10-17-13)18-12-3-1-7-19-8-2-4-14(12)19/h5-6,9-10,12,14H,1-4,7-8H2,(H,18,20)/t12-,14-/m0/s1. The molecule has 2 fully saturated rings. The molecular weight excluding hydrogens is 282 g/mol. The quantitative estimate of drug-likeness (QED) is 0.927. The van der Waals surface area contributed by atoms with Crippen LogP contribution in [-0.2, 0) is 0 Å². The van der Waals surface area contributed by atoms with Crippen LogP contribution in [0.3, 0.4) is 0 Å². The van der Waals surface area contributed by atoms with Crippen LogP contribution in [0, 0.1) is 0 Å². The van der Waals surface area contributed by atoms with Gasteiger partial charge in [0.25, 0.3) is 5.91 Å². The lowest BCUT2D eigenvalue weighted by atomic mass is 9.96. The van der Waals surface area contributed by atoms with Crippen molar-refractivity contribution in [1.82, 2.24) is 15.2 Å². The normalized spacial score (nSPS) is 25.9. The van der Waals surface area contributed by atoms with E-state index in [-0.39, 0.29) is 5.91 Å². The van der Waals surface area contributed by atoms with Crippen molar-refractivity contribution in [3.8, 4) is 0 Å². The van der Waals surface area contributed by atoms with Gasteiger partial charge in [-0.1, -0.05) is 0 Å². The largest absolute Gasteiger partial charge is 0.348 e. The molecule has 21 heavy (non-hydrogen) atoms. The number of nitrogens with zero attached hydrogens (tertiary/aromatic N) is 2. The molecule has 0 bridgehead atoms. The third-order valence-electron chi connectivity index (χ3n) is 4.75. The SMILES string of the molecule is O=C(N[C@H]1CCCN2CCC[C@@H]12)c1ccc2ncsc2c1. The van der Waals surface area contributed by atoms with Crippen molar-refractivity contribution in [1.29, 1.82) is 0 Å². The topological polar surface area (TPSA) is 45.2 Å². The highest BCUT2D eigenvalue weighted by molar-refractivity contribution is 7.16. The Balaban J connectivity index is 1.51. The Morgan fingerprint density at radius 1 is 1.29 bits per heavy atom. The summed E-state index contributed by atoms with van der Waals surface area (Å²) in [6.45, 7) is 2.40. The van der Waals surface area contributed by atoms with E-state index in [0.29, 0.717) is 12.1 Å². The molecular formula is C16H19N3OS. The molecule has 2 saturated heterocycles. The van der Waals surface area contributed by atoms with Crippen LogP contribution in [0.25, 0.3) is 10.2 Å². The highest BCUT2D eigenvalue weighted by atomic mass is 32.1. The number of nitrogens with one attached hydrogen (secondary N) is 1.